The number of hydrogen-bond donors (Lipinski definition) is 1. The molecule has 2 rings (SSSR count). The third kappa shape index (κ3) is 4.06. The third-order valence-corrected chi connectivity index (χ3v) is 6.30. The minimum absolute atomic E-state index is 0.159. The van der Waals surface area contributed by atoms with Gasteiger partial charge < -0.3 is 5.32 Å². The molecule has 1 amide bonds. The normalized spacial score (nSPS) is 17.9. The standard InChI is InChI=1S/C16H22FNO3S/c1-12(16(19)18-11-13-6-3-2-4-7-13)22(20,21)15-9-5-8-14(17)10-15/h5,8-10,12-13H,2-4,6-7,11H2,1H3,(H,18,19)/t12-/m1/s1. The van der Waals surface area contributed by atoms with Gasteiger partial charge in [0.15, 0.2) is 9.84 Å². The number of amides is 1. The summed E-state index contributed by atoms with van der Waals surface area (Å²) >= 11 is 0. The highest BCUT2D eigenvalue weighted by atomic mass is 32.2. The van der Waals surface area contributed by atoms with E-state index in [1.807, 2.05) is 0 Å². The van der Waals surface area contributed by atoms with Crippen LogP contribution < -0.4 is 5.32 Å². The highest BCUT2D eigenvalue weighted by Crippen LogP contribution is 2.23. The molecule has 122 valence electrons. The van der Waals surface area contributed by atoms with Crippen molar-refractivity contribution in [2.45, 2.75) is 49.2 Å². The summed E-state index contributed by atoms with van der Waals surface area (Å²) in [6.45, 7) is 1.86. The molecule has 0 spiro atoms. The topological polar surface area (TPSA) is 63.2 Å². The van der Waals surface area contributed by atoms with Gasteiger partial charge in [0.25, 0.3) is 0 Å². The summed E-state index contributed by atoms with van der Waals surface area (Å²) < 4.78 is 37.9. The first-order valence-corrected chi connectivity index (χ1v) is 9.23. The summed E-state index contributed by atoms with van der Waals surface area (Å²) in [4.78, 5) is 11.9. The van der Waals surface area contributed by atoms with E-state index in [1.165, 1.54) is 31.5 Å². The van der Waals surface area contributed by atoms with E-state index in [0.717, 1.165) is 31.7 Å². The maximum atomic E-state index is 13.2. The van der Waals surface area contributed by atoms with Crippen molar-refractivity contribution in [2.75, 3.05) is 6.54 Å². The summed E-state index contributed by atoms with van der Waals surface area (Å²) in [5.74, 6) is -0.715. The molecular formula is C16H22FNO3S. The summed E-state index contributed by atoms with van der Waals surface area (Å²) in [6, 6.07) is 4.76. The molecule has 0 bridgehead atoms. The summed E-state index contributed by atoms with van der Waals surface area (Å²) in [5, 5.41) is 1.51. The molecule has 1 aliphatic rings. The highest BCUT2D eigenvalue weighted by Gasteiger charge is 2.30. The number of carbonyl (C=O) groups is 1. The van der Waals surface area contributed by atoms with Crippen LogP contribution in [0.25, 0.3) is 0 Å². The van der Waals surface area contributed by atoms with Crippen LogP contribution in [0.4, 0.5) is 4.39 Å². The Morgan fingerprint density at radius 3 is 2.64 bits per heavy atom. The van der Waals surface area contributed by atoms with Gasteiger partial charge in [-0.05, 0) is 43.9 Å². The lowest BCUT2D eigenvalue weighted by Gasteiger charge is -2.22. The lowest BCUT2D eigenvalue weighted by atomic mass is 9.89. The smallest absolute Gasteiger partial charge is 0.238 e. The van der Waals surface area contributed by atoms with Gasteiger partial charge in [0.2, 0.25) is 5.91 Å². The molecule has 22 heavy (non-hydrogen) atoms. The van der Waals surface area contributed by atoms with Crippen LogP contribution in [0, 0.1) is 11.7 Å². The Morgan fingerprint density at radius 2 is 2.00 bits per heavy atom. The Balaban J connectivity index is 1.99. The summed E-state index contributed by atoms with van der Waals surface area (Å²) in [6.07, 6.45) is 5.71. The predicted octanol–water partition coefficient (Wildman–Crippen LogP) is 2.68. The van der Waals surface area contributed by atoms with E-state index in [9.17, 15) is 17.6 Å². The predicted molar refractivity (Wildman–Crippen MR) is 82.6 cm³/mol. The minimum Gasteiger partial charge on any atom is -0.355 e. The second-order valence-electron chi connectivity index (χ2n) is 5.89. The number of nitrogens with one attached hydrogen (secondary N) is 1. The molecule has 0 unspecified atom stereocenters. The van der Waals surface area contributed by atoms with Gasteiger partial charge >= 0.3 is 0 Å². The maximum absolute atomic E-state index is 13.2. The Hall–Kier alpha value is -1.43. The highest BCUT2D eigenvalue weighted by molar-refractivity contribution is 7.92. The van der Waals surface area contributed by atoms with Gasteiger partial charge in [-0.2, -0.15) is 0 Å². The average molecular weight is 327 g/mol. The van der Waals surface area contributed by atoms with Gasteiger partial charge in [-0.1, -0.05) is 25.3 Å². The number of hydrogen-bond acceptors (Lipinski definition) is 3. The van der Waals surface area contributed by atoms with Gasteiger partial charge in [0, 0.05) is 6.54 Å². The van der Waals surface area contributed by atoms with E-state index >= 15 is 0 Å². The Bertz CT molecular complexity index is 624. The van der Waals surface area contributed by atoms with E-state index in [4.69, 9.17) is 0 Å². The lowest BCUT2D eigenvalue weighted by Crippen LogP contribution is -2.40. The molecule has 4 nitrogen and oxygen atoms in total. The number of sulfone groups is 1. The van der Waals surface area contributed by atoms with E-state index in [0.29, 0.717) is 12.5 Å². The van der Waals surface area contributed by atoms with E-state index in [-0.39, 0.29) is 4.90 Å². The lowest BCUT2D eigenvalue weighted by molar-refractivity contribution is -0.120. The maximum Gasteiger partial charge on any atom is 0.238 e. The summed E-state index contributed by atoms with van der Waals surface area (Å²) in [7, 11) is -3.87. The zero-order chi connectivity index (χ0) is 16.2. The van der Waals surface area contributed by atoms with Crippen molar-refractivity contribution in [3.05, 3.63) is 30.1 Å². The van der Waals surface area contributed by atoms with Crippen molar-refractivity contribution in [3.8, 4) is 0 Å². The second kappa shape index (κ2) is 7.22. The second-order valence-corrected chi connectivity index (χ2v) is 8.16. The molecule has 6 heteroatoms. The molecule has 0 aliphatic heterocycles. The number of carbonyl (C=O) groups excluding carboxylic acids is 1. The SMILES string of the molecule is C[C@H](C(=O)NCC1CCCCC1)S(=O)(=O)c1cccc(F)c1. The fourth-order valence-corrected chi connectivity index (χ4v) is 4.09. The number of halogens is 1. The van der Waals surface area contributed by atoms with Gasteiger partial charge in [-0.15, -0.1) is 0 Å². The van der Waals surface area contributed by atoms with Crippen molar-refractivity contribution in [3.63, 3.8) is 0 Å². The van der Waals surface area contributed by atoms with Crippen molar-refractivity contribution in [1.82, 2.24) is 5.32 Å². The molecule has 1 aliphatic carbocycles. The summed E-state index contributed by atoms with van der Waals surface area (Å²) in [5.41, 5.74) is 0. The van der Waals surface area contributed by atoms with Crippen molar-refractivity contribution in [2.24, 2.45) is 5.92 Å². The number of rotatable bonds is 5. The third-order valence-electron chi connectivity index (χ3n) is 4.25. The Kier molecular flexibility index (Phi) is 5.56. The molecule has 1 fully saturated rings. The molecule has 1 aromatic carbocycles. The van der Waals surface area contributed by atoms with Crippen LogP contribution in [0.1, 0.15) is 39.0 Å². The van der Waals surface area contributed by atoms with Crippen LogP contribution in [0.15, 0.2) is 29.2 Å². The van der Waals surface area contributed by atoms with Crippen LogP contribution in [0.5, 0.6) is 0 Å². The van der Waals surface area contributed by atoms with Gasteiger partial charge in [0.1, 0.15) is 11.1 Å². The fraction of sp³-hybridized carbons (Fsp3) is 0.562. The molecular weight excluding hydrogens is 305 g/mol. The van der Waals surface area contributed by atoms with Crippen LogP contribution in [-0.4, -0.2) is 26.1 Å². The zero-order valence-corrected chi connectivity index (χ0v) is 13.5. The van der Waals surface area contributed by atoms with Crippen molar-refractivity contribution < 1.29 is 17.6 Å². The Labute approximate surface area is 131 Å². The van der Waals surface area contributed by atoms with Crippen molar-refractivity contribution in [1.29, 1.82) is 0 Å². The molecule has 1 saturated carbocycles. The minimum atomic E-state index is -3.87. The molecule has 1 N–H and O–H groups in total. The first-order chi connectivity index (χ1) is 10.4. The Morgan fingerprint density at radius 1 is 1.32 bits per heavy atom. The monoisotopic (exact) mass is 327 g/mol. The molecule has 0 saturated heterocycles. The first kappa shape index (κ1) is 16.9. The quantitative estimate of drug-likeness (QED) is 0.904. The zero-order valence-electron chi connectivity index (χ0n) is 12.7. The van der Waals surface area contributed by atoms with Crippen molar-refractivity contribution >= 4 is 15.7 Å². The molecule has 0 radical (unpaired) electrons. The fourth-order valence-electron chi connectivity index (χ4n) is 2.77. The van der Waals surface area contributed by atoms with Crippen LogP contribution in [-0.2, 0) is 14.6 Å². The van der Waals surface area contributed by atoms with E-state index in [2.05, 4.69) is 5.32 Å². The van der Waals surface area contributed by atoms with Gasteiger partial charge in [0.05, 0.1) is 4.90 Å². The van der Waals surface area contributed by atoms with Crippen LogP contribution >= 0.6 is 0 Å². The van der Waals surface area contributed by atoms with Gasteiger partial charge in [-0.3, -0.25) is 4.79 Å². The van der Waals surface area contributed by atoms with Crippen LogP contribution in [0.2, 0.25) is 0 Å². The molecule has 1 atom stereocenters. The number of benzene rings is 1. The molecule has 1 aromatic rings. The molecule has 0 aromatic heterocycles. The molecule has 0 heterocycles. The first-order valence-electron chi connectivity index (χ1n) is 7.68. The van der Waals surface area contributed by atoms with Gasteiger partial charge in [-0.25, -0.2) is 12.8 Å². The van der Waals surface area contributed by atoms with E-state index < -0.39 is 26.8 Å². The largest absolute Gasteiger partial charge is 0.355 e. The van der Waals surface area contributed by atoms with E-state index in [1.54, 1.807) is 0 Å². The average Bonchev–Trinajstić information content (AvgIpc) is 2.52. The van der Waals surface area contributed by atoms with Crippen LogP contribution in [0.3, 0.4) is 0 Å².